The summed E-state index contributed by atoms with van der Waals surface area (Å²) in [5.41, 5.74) is 1.70. The number of aliphatic carboxylic acids is 1. The van der Waals surface area contributed by atoms with Crippen LogP contribution in [0.5, 0.6) is 0 Å². The van der Waals surface area contributed by atoms with E-state index in [0.717, 1.165) is 17.5 Å². The molecule has 0 aromatic heterocycles. The molecule has 1 aliphatic rings. The lowest BCUT2D eigenvalue weighted by Crippen LogP contribution is -2.31. The Balaban J connectivity index is 1.99. The van der Waals surface area contributed by atoms with Crippen molar-refractivity contribution in [2.24, 2.45) is 5.92 Å². The van der Waals surface area contributed by atoms with Gasteiger partial charge in [0.25, 0.3) is 0 Å². The molecule has 1 fully saturated rings. The Morgan fingerprint density at radius 3 is 2.63 bits per heavy atom. The smallest absolute Gasteiger partial charge is 0.307 e. The summed E-state index contributed by atoms with van der Waals surface area (Å²) in [6.07, 6.45) is 4.98. The largest absolute Gasteiger partial charge is 0.481 e. The van der Waals surface area contributed by atoms with Crippen molar-refractivity contribution in [1.29, 1.82) is 0 Å². The fourth-order valence-corrected chi connectivity index (χ4v) is 3.11. The molecule has 0 aliphatic carbocycles. The summed E-state index contributed by atoms with van der Waals surface area (Å²) in [7, 11) is 0. The molecule has 3 atom stereocenters. The zero-order chi connectivity index (χ0) is 19.8. The first-order valence-electron chi connectivity index (χ1n) is 9.25. The molecule has 1 aromatic carbocycles. The number of carbonyl (C=O) groups excluding carboxylic acids is 1. The Bertz CT molecular complexity index is 742. The highest BCUT2D eigenvalue weighted by atomic mass is 16.4. The van der Waals surface area contributed by atoms with Crippen LogP contribution in [0.2, 0.25) is 0 Å². The number of carboxylic acids is 1. The van der Waals surface area contributed by atoms with Gasteiger partial charge in [-0.15, -0.1) is 11.8 Å². The molecule has 5 nitrogen and oxygen atoms in total. The maximum atomic E-state index is 12.3. The van der Waals surface area contributed by atoms with Crippen molar-refractivity contribution in [2.45, 2.75) is 58.2 Å². The van der Waals surface area contributed by atoms with E-state index in [-0.39, 0.29) is 24.3 Å². The molecule has 0 saturated carbocycles. The number of hydrogen-bond acceptors (Lipinski definition) is 3. The molecule has 1 amide bonds. The van der Waals surface area contributed by atoms with Gasteiger partial charge in [0.2, 0.25) is 5.91 Å². The van der Waals surface area contributed by atoms with Gasteiger partial charge in [-0.2, -0.15) is 0 Å². The minimum atomic E-state index is -0.861. The highest BCUT2D eigenvalue weighted by Crippen LogP contribution is 2.23. The number of aliphatic hydroxyl groups is 1. The summed E-state index contributed by atoms with van der Waals surface area (Å²) in [6, 6.07) is 7.27. The number of carbonyl (C=O) groups is 2. The number of hydrogen-bond donors (Lipinski definition) is 2. The van der Waals surface area contributed by atoms with E-state index in [2.05, 4.69) is 11.8 Å². The maximum absolute atomic E-state index is 12.3. The number of nitrogens with zero attached hydrogens (tertiary/aromatic N) is 1. The lowest BCUT2D eigenvalue weighted by molar-refractivity contribution is -0.136. The van der Waals surface area contributed by atoms with Crippen molar-refractivity contribution in [3.63, 3.8) is 0 Å². The van der Waals surface area contributed by atoms with Gasteiger partial charge in [-0.3, -0.25) is 9.59 Å². The second kappa shape index (κ2) is 9.94. The van der Waals surface area contributed by atoms with Crippen LogP contribution in [0, 0.1) is 17.8 Å². The van der Waals surface area contributed by atoms with Crippen molar-refractivity contribution < 1.29 is 19.8 Å². The molecule has 1 saturated heterocycles. The number of likely N-dealkylation sites (tertiary alicyclic amines) is 1. The number of aliphatic hydroxyl groups excluding tert-OH is 1. The highest BCUT2D eigenvalue weighted by Gasteiger charge is 2.29. The van der Waals surface area contributed by atoms with Crippen LogP contribution in [0.4, 0.5) is 0 Å². The number of amides is 1. The van der Waals surface area contributed by atoms with E-state index in [1.54, 1.807) is 25.1 Å². The van der Waals surface area contributed by atoms with Crippen LogP contribution in [-0.4, -0.2) is 39.1 Å². The van der Waals surface area contributed by atoms with E-state index >= 15 is 0 Å². The van der Waals surface area contributed by atoms with Crippen LogP contribution in [0.1, 0.15) is 44.2 Å². The van der Waals surface area contributed by atoms with Crippen molar-refractivity contribution in [2.75, 3.05) is 0 Å². The summed E-state index contributed by atoms with van der Waals surface area (Å²) >= 11 is 0. The fourth-order valence-electron chi connectivity index (χ4n) is 3.11. The Hall–Kier alpha value is -2.58. The second-order valence-corrected chi connectivity index (χ2v) is 7.00. The van der Waals surface area contributed by atoms with E-state index in [4.69, 9.17) is 5.11 Å². The van der Waals surface area contributed by atoms with Crippen LogP contribution in [-0.2, 0) is 22.6 Å². The van der Waals surface area contributed by atoms with Crippen LogP contribution in [0.25, 0.3) is 0 Å². The van der Waals surface area contributed by atoms with E-state index in [9.17, 15) is 14.7 Å². The van der Waals surface area contributed by atoms with Crippen molar-refractivity contribution in [1.82, 2.24) is 4.90 Å². The molecule has 0 spiro atoms. The second-order valence-electron chi connectivity index (χ2n) is 7.00. The van der Waals surface area contributed by atoms with Gasteiger partial charge in [0.1, 0.15) is 0 Å². The van der Waals surface area contributed by atoms with E-state index < -0.39 is 12.1 Å². The Morgan fingerprint density at radius 2 is 2.00 bits per heavy atom. The third-order valence-electron chi connectivity index (χ3n) is 4.82. The van der Waals surface area contributed by atoms with Crippen LogP contribution < -0.4 is 0 Å². The molecule has 3 unspecified atom stereocenters. The zero-order valence-corrected chi connectivity index (χ0v) is 15.9. The van der Waals surface area contributed by atoms with Gasteiger partial charge in [0.15, 0.2) is 0 Å². The van der Waals surface area contributed by atoms with Crippen LogP contribution in [0.15, 0.2) is 36.4 Å². The van der Waals surface area contributed by atoms with Crippen LogP contribution in [0.3, 0.4) is 0 Å². The minimum Gasteiger partial charge on any atom is -0.481 e. The van der Waals surface area contributed by atoms with Gasteiger partial charge >= 0.3 is 5.97 Å². The third kappa shape index (κ3) is 6.26. The summed E-state index contributed by atoms with van der Waals surface area (Å²) in [5.74, 6) is 5.09. The Morgan fingerprint density at radius 1 is 1.33 bits per heavy atom. The predicted molar refractivity (Wildman–Crippen MR) is 104 cm³/mol. The standard InChI is InChI=1S/C22H27NO4/c1-3-4-5-16(2)20(24)12-10-19-11-13-21(25)23(19)15-18-8-6-17(7-9-18)14-22(26)27/h6-10,12,16,19-20,24H,5,11,13-15H2,1-2H3,(H,26,27). The molecule has 2 rings (SSSR count). The third-order valence-corrected chi connectivity index (χ3v) is 4.82. The van der Waals surface area contributed by atoms with Gasteiger partial charge in [-0.1, -0.05) is 43.3 Å². The fraction of sp³-hybridized carbons (Fsp3) is 0.455. The predicted octanol–water partition coefficient (Wildman–Crippen LogP) is 2.77. The van der Waals surface area contributed by atoms with E-state index in [1.165, 1.54) is 0 Å². The summed E-state index contributed by atoms with van der Waals surface area (Å²) in [6.45, 7) is 4.22. The van der Waals surface area contributed by atoms with Gasteiger partial charge in [-0.25, -0.2) is 0 Å². The monoisotopic (exact) mass is 369 g/mol. The minimum absolute atomic E-state index is 0.00717. The molecular formula is C22H27NO4. The van der Waals surface area contributed by atoms with Gasteiger partial charge in [0.05, 0.1) is 18.6 Å². The molecule has 1 aromatic rings. The Kier molecular flexibility index (Phi) is 7.63. The zero-order valence-electron chi connectivity index (χ0n) is 15.9. The highest BCUT2D eigenvalue weighted by molar-refractivity contribution is 5.79. The SMILES string of the molecule is CC#CCC(C)C(O)C=CC1CCC(=O)N1Cc1ccc(CC(=O)O)cc1. The Labute approximate surface area is 160 Å². The van der Waals surface area contributed by atoms with Crippen LogP contribution >= 0.6 is 0 Å². The molecule has 5 heteroatoms. The normalized spacial score (nSPS) is 19.0. The maximum Gasteiger partial charge on any atom is 0.307 e. The quantitative estimate of drug-likeness (QED) is 0.546. The van der Waals surface area contributed by atoms with E-state index in [1.807, 2.05) is 30.0 Å². The molecule has 0 radical (unpaired) electrons. The number of rotatable bonds is 8. The molecule has 27 heavy (non-hydrogen) atoms. The molecule has 1 aliphatic heterocycles. The number of carboxylic acid groups (broad SMARTS) is 1. The van der Waals surface area contributed by atoms with E-state index in [0.29, 0.717) is 19.4 Å². The lowest BCUT2D eigenvalue weighted by atomic mass is 10.00. The van der Waals surface area contributed by atoms with Gasteiger partial charge < -0.3 is 15.1 Å². The topological polar surface area (TPSA) is 77.8 Å². The molecular weight excluding hydrogens is 342 g/mol. The van der Waals surface area contributed by atoms with Crippen molar-refractivity contribution in [3.05, 3.63) is 47.5 Å². The first-order chi connectivity index (χ1) is 12.9. The molecule has 144 valence electrons. The summed E-state index contributed by atoms with van der Waals surface area (Å²) in [5, 5.41) is 19.1. The molecule has 0 bridgehead atoms. The van der Waals surface area contributed by atoms with Gasteiger partial charge in [0, 0.05) is 19.4 Å². The van der Waals surface area contributed by atoms with Crippen molar-refractivity contribution >= 4 is 11.9 Å². The summed E-state index contributed by atoms with van der Waals surface area (Å²) < 4.78 is 0. The van der Waals surface area contributed by atoms with Gasteiger partial charge in [-0.05, 0) is 30.4 Å². The first-order valence-corrected chi connectivity index (χ1v) is 9.25. The van der Waals surface area contributed by atoms with Crippen molar-refractivity contribution in [3.8, 4) is 11.8 Å². The average molecular weight is 369 g/mol. The first kappa shape index (κ1) is 20.7. The molecule has 1 heterocycles. The average Bonchev–Trinajstić information content (AvgIpc) is 2.98. The molecule has 2 N–H and O–H groups in total. The summed E-state index contributed by atoms with van der Waals surface area (Å²) in [4.78, 5) is 24.8. The lowest BCUT2D eigenvalue weighted by Gasteiger charge is -2.23. The number of benzene rings is 1.